The van der Waals surface area contributed by atoms with Crippen molar-refractivity contribution in [2.75, 3.05) is 5.32 Å². The molecule has 2 aromatic heterocycles. The van der Waals surface area contributed by atoms with Crippen molar-refractivity contribution >= 4 is 32.4 Å². The van der Waals surface area contributed by atoms with Gasteiger partial charge in [0.2, 0.25) is 0 Å². The molecule has 0 aliphatic rings. The maximum Gasteiger partial charge on any atom is 0.188 e. The lowest BCUT2D eigenvalue weighted by atomic mass is 9.89. The summed E-state index contributed by atoms with van der Waals surface area (Å²) in [5, 5.41) is 8.74. The van der Waals surface area contributed by atoms with E-state index in [9.17, 15) is 0 Å². The number of anilines is 2. The highest BCUT2D eigenvalue weighted by molar-refractivity contribution is 7.22. The first-order valence-corrected chi connectivity index (χ1v) is 10.2. The van der Waals surface area contributed by atoms with Crippen LogP contribution in [0.1, 0.15) is 38.3 Å². The van der Waals surface area contributed by atoms with Gasteiger partial charge in [-0.3, -0.25) is 0 Å². The SMILES string of the molecule is CCC(CC)[C@H](c1ccc(Nc2nc3ccccc3s2)cc1)n1cncn1. The van der Waals surface area contributed by atoms with Gasteiger partial charge in [0.05, 0.1) is 16.3 Å². The molecular weight excluding hydrogens is 354 g/mol. The Labute approximate surface area is 163 Å². The first kappa shape index (κ1) is 17.7. The van der Waals surface area contributed by atoms with Crippen molar-refractivity contribution in [2.24, 2.45) is 5.92 Å². The number of hydrogen-bond donors (Lipinski definition) is 1. The lowest BCUT2D eigenvalue weighted by Gasteiger charge is -2.26. The lowest BCUT2D eigenvalue weighted by Crippen LogP contribution is -2.20. The van der Waals surface area contributed by atoms with E-state index < -0.39 is 0 Å². The Bertz CT molecular complexity index is 954. The van der Waals surface area contributed by atoms with Gasteiger partial charge in [-0.15, -0.1) is 0 Å². The first-order valence-electron chi connectivity index (χ1n) is 9.35. The van der Waals surface area contributed by atoms with Gasteiger partial charge in [-0.05, 0) is 35.7 Å². The lowest BCUT2D eigenvalue weighted by molar-refractivity contribution is 0.332. The summed E-state index contributed by atoms with van der Waals surface area (Å²) in [4.78, 5) is 8.79. The number of benzene rings is 2. The molecule has 138 valence electrons. The van der Waals surface area contributed by atoms with E-state index in [1.54, 1.807) is 17.7 Å². The number of nitrogens with one attached hydrogen (secondary N) is 1. The summed E-state index contributed by atoms with van der Waals surface area (Å²) in [5.41, 5.74) is 3.32. The fourth-order valence-corrected chi connectivity index (χ4v) is 4.44. The van der Waals surface area contributed by atoms with Crippen LogP contribution < -0.4 is 5.32 Å². The molecule has 0 spiro atoms. The maximum absolute atomic E-state index is 4.65. The first-order chi connectivity index (χ1) is 13.3. The number of para-hydroxylation sites is 1. The van der Waals surface area contributed by atoms with Crippen LogP contribution in [0.3, 0.4) is 0 Å². The molecule has 0 aliphatic heterocycles. The van der Waals surface area contributed by atoms with Crippen LogP contribution in [0.5, 0.6) is 0 Å². The molecule has 5 nitrogen and oxygen atoms in total. The van der Waals surface area contributed by atoms with Crippen LogP contribution >= 0.6 is 11.3 Å². The van der Waals surface area contributed by atoms with E-state index in [0.29, 0.717) is 5.92 Å². The Kier molecular flexibility index (Phi) is 5.16. The smallest absolute Gasteiger partial charge is 0.188 e. The zero-order valence-corrected chi connectivity index (χ0v) is 16.4. The van der Waals surface area contributed by atoms with Crippen molar-refractivity contribution < 1.29 is 0 Å². The minimum absolute atomic E-state index is 0.207. The van der Waals surface area contributed by atoms with Gasteiger partial charge in [0.15, 0.2) is 5.13 Å². The monoisotopic (exact) mass is 377 g/mol. The van der Waals surface area contributed by atoms with E-state index in [0.717, 1.165) is 29.2 Å². The van der Waals surface area contributed by atoms with Crippen LogP contribution in [0.25, 0.3) is 10.2 Å². The normalized spacial score (nSPS) is 12.6. The van der Waals surface area contributed by atoms with Crippen LogP contribution in [-0.2, 0) is 0 Å². The largest absolute Gasteiger partial charge is 0.332 e. The van der Waals surface area contributed by atoms with Gasteiger partial charge in [0.25, 0.3) is 0 Å². The molecule has 2 heterocycles. The van der Waals surface area contributed by atoms with Gasteiger partial charge in [-0.1, -0.05) is 62.3 Å². The molecule has 6 heteroatoms. The van der Waals surface area contributed by atoms with Crippen LogP contribution in [0.2, 0.25) is 0 Å². The molecule has 27 heavy (non-hydrogen) atoms. The third-order valence-electron chi connectivity index (χ3n) is 5.01. The summed E-state index contributed by atoms with van der Waals surface area (Å²) in [6.07, 6.45) is 5.63. The Morgan fingerprint density at radius 3 is 2.48 bits per heavy atom. The molecule has 0 saturated heterocycles. The van der Waals surface area contributed by atoms with Gasteiger partial charge in [-0.2, -0.15) is 5.10 Å². The van der Waals surface area contributed by atoms with Gasteiger partial charge in [0, 0.05) is 5.69 Å². The average molecular weight is 378 g/mol. The molecule has 4 rings (SSSR count). The van der Waals surface area contributed by atoms with Crippen molar-refractivity contribution in [3.63, 3.8) is 0 Å². The fraction of sp³-hybridized carbons (Fsp3) is 0.286. The second-order valence-corrected chi connectivity index (χ2v) is 7.66. The Hall–Kier alpha value is -2.73. The summed E-state index contributed by atoms with van der Waals surface area (Å²) < 4.78 is 3.17. The Balaban J connectivity index is 1.58. The van der Waals surface area contributed by atoms with Crippen molar-refractivity contribution in [3.05, 3.63) is 66.7 Å². The van der Waals surface area contributed by atoms with Crippen molar-refractivity contribution in [3.8, 4) is 0 Å². The highest BCUT2D eigenvalue weighted by Gasteiger charge is 2.23. The predicted molar refractivity (Wildman–Crippen MR) is 112 cm³/mol. The summed E-state index contributed by atoms with van der Waals surface area (Å²) in [6, 6.07) is 17.0. The summed E-state index contributed by atoms with van der Waals surface area (Å²) >= 11 is 1.67. The second kappa shape index (κ2) is 7.88. The van der Waals surface area contributed by atoms with Crippen LogP contribution in [-0.4, -0.2) is 19.7 Å². The molecule has 0 fully saturated rings. The van der Waals surface area contributed by atoms with Gasteiger partial charge < -0.3 is 5.32 Å². The summed E-state index contributed by atoms with van der Waals surface area (Å²) in [5.74, 6) is 0.523. The van der Waals surface area contributed by atoms with Crippen molar-refractivity contribution in [1.29, 1.82) is 0 Å². The molecule has 4 aromatic rings. The van der Waals surface area contributed by atoms with E-state index in [4.69, 9.17) is 0 Å². The van der Waals surface area contributed by atoms with Crippen molar-refractivity contribution in [2.45, 2.75) is 32.7 Å². The second-order valence-electron chi connectivity index (χ2n) is 6.63. The van der Waals surface area contributed by atoms with Crippen LogP contribution in [0.15, 0.2) is 61.2 Å². The van der Waals surface area contributed by atoms with Gasteiger partial charge in [-0.25, -0.2) is 14.6 Å². The molecule has 0 aliphatic carbocycles. The van der Waals surface area contributed by atoms with Gasteiger partial charge in [0.1, 0.15) is 12.7 Å². The van der Waals surface area contributed by atoms with E-state index in [1.165, 1.54) is 10.3 Å². The molecule has 0 bridgehead atoms. The highest BCUT2D eigenvalue weighted by atomic mass is 32.1. The number of fused-ring (bicyclic) bond motifs is 1. The Morgan fingerprint density at radius 1 is 1.04 bits per heavy atom. The number of thiazole rings is 1. The molecular formula is C21H23N5S. The summed E-state index contributed by atoms with van der Waals surface area (Å²) in [6.45, 7) is 4.47. The Morgan fingerprint density at radius 2 is 1.81 bits per heavy atom. The zero-order valence-electron chi connectivity index (χ0n) is 15.5. The van der Waals surface area contributed by atoms with E-state index in [2.05, 4.69) is 64.6 Å². The summed E-state index contributed by atoms with van der Waals surface area (Å²) in [7, 11) is 0. The van der Waals surface area contributed by atoms with E-state index >= 15 is 0 Å². The molecule has 0 radical (unpaired) electrons. The van der Waals surface area contributed by atoms with Gasteiger partial charge >= 0.3 is 0 Å². The highest BCUT2D eigenvalue weighted by Crippen LogP contribution is 2.32. The standard InChI is InChI=1S/C21H23N5S/c1-3-15(4-2)20(26-14-22-13-23-26)16-9-11-17(12-10-16)24-21-25-18-7-5-6-8-19(18)27-21/h5-15,20H,3-4H2,1-2H3,(H,24,25)/t20-/m1/s1. The fourth-order valence-electron chi connectivity index (χ4n) is 3.55. The van der Waals surface area contributed by atoms with Crippen LogP contribution in [0, 0.1) is 5.92 Å². The van der Waals surface area contributed by atoms with E-state index in [1.807, 2.05) is 29.2 Å². The average Bonchev–Trinajstić information content (AvgIpc) is 3.36. The van der Waals surface area contributed by atoms with E-state index in [-0.39, 0.29) is 6.04 Å². The number of hydrogen-bond acceptors (Lipinski definition) is 5. The predicted octanol–water partition coefficient (Wildman–Crippen LogP) is 5.66. The maximum atomic E-state index is 4.65. The molecule has 1 atom stereocenters. The number of aromatic nitrogens is 4. The van der Waals surface area contributed by atoms with Crippen LogP contribution in [0.4, 0.5) is 10.8 Å². The molecule has 0 unspecified atom stereocenters. The number of nitrogens with zero attached hydrogens (tertiary/aromatic N) is 4. The topological polar surface area (TPSA) is 55.6 Å². The van der Waals surface area contributed by atoms with Crippen molar-refractivity contribution in [1.82, 2.24) is 19.7 Å². The molecule has 2 aromatic carbocycles. The minimum atomic E-state index is 0.207. The molecule has 1 N–H and O–H groups in total. The minimum Gasteiger partial charge on any atom is -0.332 e. The third kappa shape index (κ3) is 3.71. The molecule has 0 saturated carbocycles. The quantitative estimate of drug-likeness (QED) is 0.452. The molecule has 0 amide bonds. The third-order valence-corrected chi connectivity index (χ3v) is 5.97. The number of rotatable bonds is 7. The zero-order chi connectivity index (χ0) is 18.6.